The lowest BCUT2D eigenvalue weighted by Crippen LogP contribution is -2.43. The zero-order chi connectivity index (χ0) is 29.8. The molecule has 3 aromatic carbocycles. The summed E-state index contributed by atoms with van der Waals surface area (Å²) >= 11 is 6.35. The molecule has 4 rings (SSSR count). The Morgan fingerprint density at radius 2 is 1.73 bits per heavy atom. The summed E-state index contributed by atoms with van der Waals surface area (Å²) in [6, 6.07) is 11.6. The van der Waals surface area contributed by atoms with Gasteiger partial charge < -0.3 is 20.3 Å². The first-order valence-electron chi connectivity index (χ1n) is 12.8. The van der Waals surface area contributed by atoms with E-state index in [-0.39, 0.29) is 35.4 Å². The second-order valence-electron chi connectivity index (χ2n) is 10.00. The minimum absolute atomic E-state index is 0.0485. The van der Waals surface area contributed by atoms with E-state index >= 15 is 0 Å². The molecule has 0 saturated carbocycles. The highest BCUT2D eigenvalue weighted by Crippen LogP contribution is 2.37. The summed E-state index contributed by atoms with van der Waals surface area (Å²) < 4.78 is 50.2. The molecule has 7 nitrogen and oxygen atoms in total. The fraction of sp³-hybridized carbons (Fsp3) is 0.267. The Kier molecular flexibility index (Phi) is 9.37. The van der Waals surface area contributed by atoms with Crippen molar-refractivity contribution in [3.8, 4) is 22.6 Å². The number of rotatable bonds is 11. The van der Waals surface area contributed by atoms with E-state index in [1.165, 1.54) is 30.3 Å². The Labute approximate surface area is 238 Å². The summed E-state index contributed by atoms with van der Waals surface area (Å²) in [5, 5.41) is 23.1. The topological polar surface area (TPSA) is 101 Å². The first kappa shape index (κ1) is 30.1. The molecule has 0 spiro atoms. The second kappa shape index (κ2) is 12.8. The van der Waals surface area contributed by atoms with Crippen LogP contribution in [0.1, 0.15) is 20.3 Å². The van der Waals surface area contributed by atoms with E-state index in [0.29, 0.717) is 22.9 Å². The van der Waals surface area contributed by atoms with Crippen molar-refractivity contribution in [1.29, 1.82) is 0 Å². The number of carboxylic acid groups (broad SMARTS) is 1. The molecular formula is C30H28ClF3N2O5. The number of aliphatic carboxylic acids is 1. The predicted molar refractivity (Wildman–Crippen MR) is 150 cm³/mol. The van der Waals surface area contributed by atoms with E-state index in [1.807, 2.05) is 13.8 Å². The van der Waals surface area contributed by atoms with Crippen LogP contribution in [0.2, 0.25) is 5.02 Å². The minimum Gasteiger partial charge on any atom is -0.491 e. The van der Waals surface area contributed by atoms with Crippen LogP contribution in [0.15, 0.2) is 65.5 Å². The Bertz CT molecular complexity index is 1620. The quantitative estimate of drug-likeness (QED) is 0.212. The number of halogens is 4. The van der Waals surface area contributed by atoms with Crippen molar-refractivity contribution in [3.05, 3.63) is 93.5 Å². The molecule has 0 unspecified atom stereocenters. The second-order valence-corrected chi connectivity index (χ2v) is 10.4. The average Bonchev–Trinajstić information content (AvgIpc) is 2.90. The van der Waals surface area contributed by atoms with Gasteiger partial charge in [-0.15, -0.1) is 0 Å². The predicted octanol–water partition coefficient (Wildman–Crippen LogP) is 5.56. The standard InChI is InChI=1S/C30H28ClF3N2O5/c1-16(2)10-26(30(39)40)35-14-18(37)15-41-19-12-22(20-7-6-17(32)11-23(20)31)21-8-9-28(38)36(27(21)13-19)29-24(33)4-3-5-25(29)34/h3-9,11-13,16,18,26,35,37H,10,14-15H2,1-2H3,(H,39,40)/t18-,26+/m1/s1. The lowest BCUT2D eigenvalue weighted by Gasteiger charge is -2.20. The van der Waals surface area contributed by atoms with Gasteiger partial charge in [0.15, 0.2) is 0 Å². The zero-order valence-corrected chi connectivity index (χ0v) is 23.0. The highest BCUT2D eigenvalue weighted by atomic mass is 35.5. The van der Waals surface area contributed by atoms with E-state index in [2.05, 4.69) is 5.32 Å². The number of ether oxygens (including phenoxy) is 1. The van der Waals surface area contributed by atoms with Gasteiger partial charge in [-0.1, -0.05) is 31.5 Å². The normalized spacial score (nSPS) is 13.0. The first-order valence-corrected chi connectivity index (χ1v) is 13.2. The van der Waals surface area contributed by atoms with Gasteiger partial charge in [0.1, 0.15) is 47.6 Å². The van der Waals surface area contributed by atoms with Crippen molar-refractivity contribution in [3.63, 3.8) is 0 Å². The van der Waals surface area contributed by atoms with Crippen LogP contribution in [0.4, 0.5) is 13.2 Å². The number of nitrogens with one attached hydrogen (secondary N) is 1. The van der Waals surface area contributed by atoms with E-state index in [1.54, 1.807) is 6.07 Å². The Balaban J connectivity index is 1.77. The van der Waals surface area contributed by atoms with Crippen molar-refractivity contribution >= 4 is 28.5 Å². The number of pyridine rings is 1. The highest BCUT2D eigenvalue weighted by Gasteiger charge is 2.21. The number of nitrogens with zero attached hydrogens (tertiary/aromatic N) is 1. The third kappa shape index (κ3) is 6.90. The van der Waals surface area contributed by atoms with Gasteiger partial charge in [0.2, 0.25) is 0 Å². The Morgan fingerprint density at radius 1 is 1.02 bits per heavy atom. The number of hydrogen-bond donors (Lipinski definition) is 3. The molecule has 1 heterocycles. The molecule has 0 fully saturated rings. The molecule has 41 heavy (non-hydrogen) atoms. The van der Waals surface area contributed by atoms with Crippen molar-refractivity contribution in [2.24, 2.45) is 5.92 Å². The molecule has 3 N–H and O–H groups in total. The Morgan fingerprint density at radius 3 is 2.37 bits per heavy atom. The van der Waals surface area contributed by atoms with Gasteiger partial charge in [0.25, 0.3) is 5.56 Å². The van der Waals surface area contributed by atoms with E-state index in [4.69, 9.17) is 16.3 Å². The molecule has 11 heteroatoms. The number of aliphatic hydroxyl groups excluding tert-OH is 1. The zero-order valence-electron chi connectivity index (χ0n) is 22.2. The molecule has 0 aliphatic carbocycles. The van der Waals surface area contributed by atoms with Crippen molar-refractivity contribution < 1.29 is 32.9 Å². The lowest BCUT2D eigenvalue weighted by atomic mass is 9.99. The number of aromatic nitrogens is 1. The maximum Gasteiger partial charge on any atom is 0.320 e. The van der Waals surface area contributed by atoms with Crippen molar-refractivity contribution in [2.75, 3.05) is 13.2 Å². The summed E-state index contributed by atoms with van der Waals surface area (Å²) in [5.74, 6) is -3.33. The molecule has 0 aliphatic heterocycles. The number of carbonyl (C=O) groups is 1. The van der Waals surface area contributed by atoms with Crippen LogP contribution in [0.25, 0.3) is 27.7 Å². The number of aliphatic hydroxyl groups is 1. The largest absolute Gasteiger partial charge is 0.491 e. The van der Waals surface area contributed by atoms with Gasteiger partial charge in [0.05, 0.1) is 10.5 Å². The molecule has 0 aliphatic rings. The molecule has 2 atom stereocenters. The number of benzene rings is 3. The monoisotopic (exact) mass is 588 g/mol. The fourth-order valence-corrected chi connectivity index (χ4v) is 4.81. The van der Waals surface area contributed by atoms with Crippen LogP contribution < -0.4 is 15.6 Å². The van der Waals surface area contributed by atoms with E-state index in [0.717, 1.165) is 28.8 Å². The van der Waals surface area contributed by atoms with Crippen LogP contribution in [0, 0.1) is 23.4 Å². The van der Waals surface area contributed by atoms with Crippen LogP contribution in [-0.4, -0.2) is 46.0 Å². The van der Waals surface area contributed by atoms with Crippen LogP contribution >= 0.6 is 11.6 Å². The molecule has 4 aromatic rings. The van der Waals surface area contributed by atoms with Crippen molar-refractivity contribution in [2.45, 2.75) is 32.4 Å². The molecule has 0 bridgehead atoms. The maximum atomic E-state index is 14.8. The summed E-state index contributed by atoms with van der Waals surface area (Å²) in [4.78, 5) is 24.5. The molecular weight excluding hydrogens is 561 g/mol. The number of fused-ring (bicyclic) bond motifs is 1. The third-order valence-corrected chi connectivity index (χ3v) is 6.73. The highest BCUT2D eigenvalue weighted by molar-refractivity contribution is 6.33. The maximum absolute atomic E-state index is 14.8. The van der Waals surface area contributed by atoms with Gasteiger partial charge in [-0.2, -0.15) is 0 Å². The van der Waals surface area contributed by atoms with Gasteiger partial charge in [0, 0.05) is 29.6 Å². The van der Waals surface area contributed by atoms with E-state index < -0.39 is 46.8 Å². The number of hydrogen-bond acceptors (Lipinski definition) is 5. The van der Waals surface area contributed by atoms with Crippen LogP contribution in [0.3, 0.4) is 0 Å². The smallest absolute Gasteiger partial charge is 0.320 e. The van der Waals surface area contributed by atoms with Gasteiger partial charge in [-0.05, 0) is 60.4 Å². The van der Waals surface area contributed by atoms with Gasteiger partial charge >= 0.3 is 5.97 Å². The molecule has 1 aromatic heterocycles. The SMILES string of the molecule is CC(C)C[C@H](NC[C@@H](O)COc1cc(-c2ccc(F)cc2Cl)c2ccc(=O)n(-c3c(F)cccc3F)c2c1)C(=O)O. The number of para-hydroxylation sites is 1. The number of carboxylic acids is 1. The van der Waals surface area contributed by atoms with Crippen LogP contribution in [0.5, 0.6) is 5.75 Å². The minimum atomic E-state index is -1.13. The summed E-state index contributed by atoms with van der Waals surface area (Å²) in [5.41, 5.74) is -0.495. The summed E-state index contributed by atoms with van der Waals surface area (Å²) in [6.45, 7) is 3.40. The Hall–Kier alpha value is -3.86. The molecule has 0 saturated heterocycles. The molecule has 216 valence electrons. The lowest BCUT2D eigenvalue weighted by molar-refractivity contribution is -0.140. The third-order valence-electron chi connectivity index (χ3n) is 6.42. The van der Waals surface area contributed by atoms with E-state index in [9.17, 15) is 33.0 Å². The summed E-state index contributed by atoms with van der Waals surface area (Å²) in [6.07, 6.45) is -0.765. The van der Waals surface area contributed by atoms with Gasteiger partial charge in [-0.25, -0.2) is 13.2 Å². The molecule has 0 radical (unpaired) electrons. The van der Waals surface area contributed by atoms with Crippen LogP contribution in [-0.2, 0) is 4.79 Å². The average molecular weight is 589 g/mol. The summed E-state index contributed by atoms with van der Waals surface area (Å²) in [7, 11) is 0. The molecule has 0 amide bonds. The van der Waals surface area contributed by atoms with Gasteiger partial charge in [-0.3, -0.25) is 14.2 Å². The first-order chi connectivity index (χ1) is 19.5. The fourth-order valence-electron chi connectivity index (χ4n) is 4.54. The van der Waals surface area contributed by atoms with Crippen molar-refractivity contribution in [1.82, 2.24) is 9.88 Å².